The van der Waals surface area contributed by atoms with E-state index in [-0.39, 0.29) is 11.9 Å². The second-order valence-electron chi connectivity index (χ2n) is 5.37. The number of benzene rings is 1. The Labute approximate surface area is 128 Å². The number of hydrogen-bond donors (Lipinski definition) is 1. The van der Waals surface area contributed by atoms with Crippen LogP contribution in [0.4, 0.5) is 10.1 Å². The van der Waals surface area contributed by atoms with Crippen molar-refractivity contribution in [2.75, 3.05) is 18.5 Å². The molecule has 0 saturated carbocycles. The Bertz CT molecular complexity index is 624. The van der Waals surface area contributed by atoms with Gasteiger partial charge < -0.3 is 19.3 Å². The minimum Gasteiger partial charge on any atom is -0.489 e. The summed E-state index contributed by atoms with van der Waals surface area (Å²) in [5, 5.41) is 7.03. The van der Waals surface area contributed by atoms with E-state index >= 15 is 0 Å². The number of anilines is 1. The third-order valence-electron chi connectivity index (χ3n) is 3.53. The first-order valence-corrected chi connectivity index (χ1v) is 7.41. The van der Waals surface area contributed by atoms with Crippen LogP contribution in [-0.4, -0.2) is 24.5 Å². The van der Waals surface area contributed by atoms with Gasteiger partial charge in [-0.15, -0.1) is 0 Å². The van der Waals surface area contributed by atoms with Crippen molar-refractivity contribution >= 4 is 5.69 Å². The summed E-state index contributed by atoms with van der Waals surface area (Å²) in [5.74, 6) is 1.03. The Kier molecular flexibility index (Phi) is 4.58. The molecule has 1 aliphatic rings. The molecule has 0 bridgehead atoms. The van der Waals surface area contributed by atoms with Crippen molar-refractivity contribution in [3.05, 3.63) is 41.5 Å². The molecule has 6 heteroatoms. The lowest BCUT2D eigenvalue weighted by Crippen LogP contribution is -2.17. The minimum atomic E-state index is -0.316. The molecule has 1 saturated heterocycles. The second-order valence-corrected chi connectivity index (χ2v) is 5.37. The number of hydrogen-bond acceptors (Lipinski definition) is 5. The van der Waals surface area contributed by atoms with E-state index in [0.29, 0.717) is 24.6 Å². The van der Waals surface area contributed by atoms with Gasteiger partial charge in [0.15, 0.2) is 0 Å². The number of halogens is 1. The molecule has 0 spiro atoms. The van der Waals surface area contributed by atoms with E-state index < -0.39 is 0 Å². The maximum atomic E-state index is 13.5. The van der Waals surface area contributed by atoms with Crippen molar-refractivity contribution in [3.8, 4) is 5.75 Å². The van der Waals surface area contributed by atoms with Gasteiger partial charge in [-0.3, -0.25) is 0 Å². The zero-order chi connectivity index (χ0) is 15.4. The third-order valence-corrected chi connectivity index (χ3v) is 3.53. The molecule has 1 fully saturated rings. The first-order valence-electron chi connectivity index (χ1n) is 7.41. The fraction of sp³-hybridized carbons (Fsp3) is 0.438. The zero-order valence-corrected chi connectivity index (χ0v) is 12.5. The smallest absolute Gasteiger partial charge is 0.142 e. The van der Waals surface area contributed by atoms with Gasteiger partial charge in [-0.25, -0.2) is 4.39 Å². The molecule has 0 unspecified atom stereocenters. The third kappa shape index (κ3) is 3.76. The molecule has 1 N–H and O–H groups in total. The van der Waals surface area contributed by atoms with Crippen molar-refractivity contribution in [1.29, 1.82) is 0 Å². The van der Waals surface area contributed by atoms with Crippen LogP contribution >= 0.6 is 0 Å². The summed E-state index contributed by atoms with van der Waals surface area (Å²) in [6.45, 7) is 3.53. The summed E-state index contributed by atoms with van der Waals surface area (Å²) in [4.78, 5) is 0. The van der Waals surface area contributed by atoms with Gasteiger partial charge in [-0.05, 0) is 31.9 Å². The maximum absolute atomic E-state index is 13.5. The Balaban J connectivity index is 1.64. The number of ether oxygens (including phenoxy) is 2. The van der Waals surface area contributed by atoms with Crippen LogP contribution in [0.2, 0.25) is 0 Å². The fourth-order valence-corrected chi connectivity index (χ4v) is 2.41. The van der Waals surface area contributed by atoms with Crippen LogP contribution < -0.4 is 10.1 Å². The van der Waals surface area contributed by atoms with Gasteiger partial charge in [-0.1, -0.05) is 5.16 Å². The lowest BCUT2D eigenvalue weighted by molar-refractivity contribution is 0.0682. The van der Waals surface area contributed by atoms with Gasteiger partial charge >= 0.3 is 0 Å². The predicted molar refractivity (Wildman–Crippen MR) is 79.4 cm³/mol. The molecule has 22 heavy (non-hydrogen) atoms. The molecule has 0 amide bonds. The fourth-order valence-electron chi connectivity index (χ4n) is 2.41. The molecule has 3 rings (SSSR count). The first kappa shape index (κ1) is 14.8. The van der Waals surface area contributed by atoms with Crippen LogP contribution in [0.25, 0.3) is 0 Å². The number of aryl methyl sites for hydroxylation is 1. The van der Waals surface area contributed by atoms with E-state index in [2.05, 4.69) is 10.5 Å². The molecular weight excluding hydrogens is 287 g/mol. The van der Waals surface area contributed by atoms with Gasteiger partial charge in [0.1, 0.15) is 29.6 Å². The molecule has 2 heterocycles. The highest BCUT2D eigenvalue weighted by Crippen LogP contribution is 2.27. The van der Waals surface area contributed by atoms with Crippen molar-refractivity contribution in [3.63, 3.8) is 0 Å². The van der Waals surface area contributed by atoms with Gasteiger partial charge in [0.2, 0.25) is 0 Å². The molecular formula is C16H19FN2O3. The Hall–Kier alpha value is -2.08. The molecule has 118 valence electrons. The van der Waals surface area contributed by atoms with Gasteiger partial charge in [0.05, 0.1) is 18.3 Å². The van der Waals surface area contributed by atoms with Gasteiger partial charge in [0, 0.05) is 18.7 Å². The van der Waals surface area contributed by atoms with E-state index in [0.717, 1.165) is 30.9 Å². The number of aromatic nitrogens is 1. The monoisotopic (exact) mass is 306 g/mol. The van der Waals surface area contributed by atoms with Gasteiger partial charge in [-0.2, -0.15) is 0 Å². The minimum absolute atomic E-state index is 0.121. The molecule has 1 aromatic carbocycles. The average Bonchev–Trinajstić information content (AvgIpc) is 3.15. The molecule has 1 aliphatic heterocycles. The van der Waals surface area contributed by atoms with Crippen LogP contribution in [0.1, 0.15) is 24.3 Å². The van der Waals surface area contributed by atoms with E-state index in [1.54, 1.807) is 6.07 Å². The van der Waals surface area contributed by atoms with E-state index in [1.165, 1.54) is 12.1 Å². The predicted octanol–water partition coefficient (Wildman–Crippen LogP) is 3.29. The van der Waals surface area contributed by atoms with Crippen LogP contribution in [0.3, 0.4) is 0 Å². The topological polar surface area (TPSA) is 56.5 Å². The molecule has 5 nitrogen and oxygen atoms in total. The lowest BCUT2D eigenvalue weighted by atomic mass is 10.2. The highest BCUT2D eigenvalue weighted by atomic mass is 19.1. The van der Waals surface area contributed by atoms with Gasteiger partial charge in [0.25, 0.3) is 0 Å². The highest BCUT2D eigenvalue weighted by Gasteiger charge is 2.17. The molecule has 1 aromatic heterocycles. The number of nitrogens with zero attached hydrogens (tertiary/aromatic N) is 1. The highest BCUT2D eigenvalue weighted by molar-refractivity contribution is 5.56. The summed E-state index contributed by atoms with van der Waals surface area (Å²) >= 11 is 0. The zero-order valence-electron chi connectivity index (χ0n) is 12.5. The number of rotatable bonds is 6. The van der Waals surface area contributed by atoms with E-state index in [4.69, 9.17) is 14.0 Å². The quantitative estimate of drug-likeness (QED) is 0.887. The van der Waals surface area contributed by atoms with Crippen LogP contribution in [0.5, 0.6) is 5.75 Å². The van der Waals surface area contributed by atoms with Crippen molar-refractivity contribution < 1.29 is 18.4 Å². The Morgan fingerprint density at radius 3 is 3.05 bits per heavy atom. The molecule has 2 aromatic rings. The SMILES string of the molecule is Cc1cc(CNc2cc(F)ccc2OC[C@H]2CCCO2)no1. The Morgan fingerprint density at radius 1 is 1.41 bits per heavy atom. The van der Waals surface area contributed by atoms with E-state index in [1.807, 2.05) is 13.0 Å². The van der Waals surface area contributed by atoms with Crippen LogP contribution in [-0.2, 0) is 11.3 Å². The van der Waals surface area contributed by atoms with Crippen molar-refractivity contribution in [1.82, 2.24) is 5.16 Å². The van der Waals surface area contributed by atoms with E-state index in [9.17, 15) is 4.39 Å². The summed E-state index contributed by atoms with van der Waals surface area (Å²) < 4.78 is 29.8. The molecule has 0 radical (unpaired) electrons. The Morgan fingerprint density at radius 2 is 2.32 bits per heavy atom. The second kappa shape index (κ2) is 6.79. The van der Waals surface area contributed by atoms with Crippen molar-refractivity contribution in [2.24, 2.45) is 0 Å². The molecule has 1 atom stereocenters. The maximum Gasteiger partial charge on any atom is 0.142 e. The largest absolute Gasteiger partial charge is 0.489 e. The summed E-state index contributed by atoms with van der Waals surface area (Å²) in [7, 11) is 0. The number of nitrogens with one attached hydrogen (secondary N) is 1. The first-order chi connectivity index (χ1) is 10.7. The normalized spacial score (nSPS) is 17.6. The van der Waals surface area contributed by atoms with Crippen LogP contribution in [0, 0.1) is 12.7 Å². The van der Waals surface area contributed by atoms with Crippen LogP contribution in [0.15, 0.2) is 28.8 Å². The summed E-state index contributed by atoms with van der Waals surface area (Å²) in [5.41, 5.74) is 1.35. The van der Waals surface area contributed by atoms with Crippen molar-refractivity contribution in [2.45, 2.75) is 32.4 Å². The molecule has 0 aliphatic carbocycles. The lowest BCUT2D eigenvalue weighted by Gasteiger charge is -2.15. The average molecular weight is 306 g/mol. The summed E-state index contributed by atoms with van der Waals surface area (Å²) in [6, 6.07) is 6.26. The standard InChI is InChI=1S/C16H19FN2O3/c1-11-7-13(19-22-11)9-18-15-8-12(17)4-5-16(15)21-10-14-3-2-6-20-14/h4-5,7-8,14,18H,2-3,6,9-10H2,1H3/t14-/m1/s1. The summed E-state index contributed by atoms with van der Waals surface area (Å²) in [6.07, 6.45) is 2.19.